The van der Waals surface area contributed by atoms with E-state index >= 15 is 0 Å². The van der Waals surface area contributed by atoms with E-state index in [2.05, 4.69) is 5.32 Å². The fraction of sp³-hybridized carbons (Fsp3) is 0.900. The second-order valence-corrected chi connectivity index (χ2v) is 4.35. The summed E-state index contributed by atoms with van der Waals surface area (Å²) >= 11 is 0. The Labute approximate surface area is 85.9 Å². The summed E-state index contributed by atoms with van der Waals surface area (Å²) in [4.78, 5) is 11.2. The highest BCUT2D eigenvalue weighted by Crippen LogP contribution is 2.06. The second kappa shape index (κ2) is 5.98. The van der Waals surface area contributed by atoms with E-state index in [0.717, 1.165) is 0 Å². The van der Waals surface area contributed by atoms with Gasteiger partial charge >= 0.3 is 0 Å². The maximum absolute atomic E-state index is 11.2. The molecule has 0 aliphatic rings. The van der Waals surface area contributed by atoms with Crippen molar-refractivity contribution in [2.24, 2.45) is 5.73 Å². The molecule has 84 valence electrons. The van der Waals surface area contributed by atoms with Crippen molar-refractivity contribution in [3.05, 3.63) is 0 Å². The predicted molar refractivity (Wildman–Crippen MR) is 56.8 cm³/mol. The highest BCUT2D eigenvalue weighted by atomic mass is 16.3. The van der Waals surface area contributed by atoms with Crippen LogP contribution >= 0.6 is 0 Å². The molecule has 0 radical (unpaired) electrons. The maximum atomic E-state index is 11.2. The van der Waals surface area contributed by atoms with Crippen LogP contribution in [-0.4, -0.2) is 29.2 Å². The summed E-state index contributed by atoms with van der Waals surface area (Å²) < 4.78 is 0. The van der Waals surface area contributed by atoms with Gasteiger partial charge in [-0.25, -0.2) is 0 Å². The molecule has 4 heteroatoms. The predicted octanol–water partition coefficient (Wildman–Crippen LogP) is 0.391. The first-order chi connectivity index (χ1) is 6.35. The van der Waals surface area contributed by atoms with Crippen LogP contribution in [0.4, 0.5) is 0 Å². The highest BCUT2D eigenvalue weighted by Gasteiger charge is 2.13. The molecule has 0 spiro atoms. The van der Waals surface area contributed by atoms with Crippen LogP contribution in [0.15, 0.2) is 0 Å². The van der Waals surface area contributed by atoms with Gasteiger partial charge in [0.05, 0.1) is 6.10 Å². The fourth-order valence-corrected chi connectivity index (χ4v) is 0.900. The van der Waals surface area contributed by atoms with E-state index in [-0.39, 0.29) is 11.4 Å². The van der Waals surface area contributed by atoms with Gasteiger partial charge in [0.15, 0.2) is 0 Å². The van der Waals surface area contributed by atoms with Crippen LogP contribution in [0.3, 0.4) is 0 Å². The Bertz CT molecular complexity index is 175. The van der Waals surface area contributed by atoms with Crippen LogP contribution in [0.25, 0.3) is 0 Å². The number of nitrogens with two attached hydrogens (primary N) is 1. The average Bonchev–Trinajstić information content (AvgIpc) is 2.09. The molecular formula is C10H22N2O2. The minimum atomic E-state index is -0.440. The number of aliphatic hydroxyl groups excluding tert-OH is 1. The van der Waals surface area contributed by atoms with Crippen LogP contribution in [0, 0.1) is 0 Å². The molecule has 14 heavy (non-hydrogen) atoms. The summed E-state index contributed by atoms with van der Waals surface area (Å²) in [5, 5.41) is 11.9. The second-order valence-electron chi connectivity index (χ2n) is 4.35. The zero-order valence-electron chi connectivity index (χ0n) is 9.34. The van der Waals surface area contributed by atoms with Crippen molar-refractivity contribution in [3.8, 4) is 0 Å². The summed E-state index contributed by atoms with van der Waals surface area (Å²) in [5.74, 6) is -0.0453. The number of aliphatic hydroxyl groups is 1. The minimum absolute atomic E-state index is 0.0453. The Morgan fingerprint density at radius 3 is 2.57 bits per heavy atom. The largest absolute Gasteiger partial charge is 0.391 e. The van der Waals surface area contributed by atoms with Gasteiger partial charge in [0.1, 0.15) is 0 Å². The smallest absolute Gasteiger partial charge is 0.220 e. The lowest BCUT2D eigenvalue weighted by molar-refractivity contribution is -0.121. The van der Waals surface area contributed by atoms with E-state index < -0.39 is 6.10 Å². The number of nitrogens with one attached hydrogen (secondary N) is 1. The molecule has 0 saturated carbocycles. The summed E-state index contributed by atoms with van der Waals surface area (Å²) in [6.45, 7) is 5.99. The van der Waals surface area contributed by atoms with Crippen LogP contribution in [0.1, 0.15) is 40.0 Å². The molecule has 0 bridgehead atoms. The summed E-state index contributed by atoms with van der Waals surface area (Å²) in [7, 11) is 0. The van der Waals surface area contributed by atoms with Crippen LogP contribution in [-0.2, 0) is 4.79 Å². The molecule has 0 aliphatic carbocycles. The molecule has 0 saturated heterocycles. The van der Waals surface area contributed by atoms with E-state index in [4.69, 9.17) is 5.73 Å². The van der Waals surface area contributed by atoms with Gasteiger partial charge in [-0.3, -0.25) is 4.79 Å². The average molecular weight is 202 g/mol. The zero-order chi connectivity index (χ0) is 11.2. The molecule has 0 heterocycles. The Morgan fingerprint density at radius 1 is 1.57 bits per heavy atom. The molecular weight excluding hydrogens is 180 g/mol. The Kier molecular flexibility index (Phi) is 5.72. The topological polar surface area (TPSA) is 75.3 Å². The van der Waals surface area contributed by atoms with Crippen molar-refractivity contribution in [1.29, 1.82) is 0 Å². The third kappa shape index (κ3) is 8.01. The molecule has 0 aromatic heterocycles. The van der Waals surface area contributed by atoms with Gasteiger partial charge in [0, 0.05) is 18.5 Å². The first kappa shape index (κ1) is 13.4. The Balaban J connectivity index is 3.57. The van der Waals surface area contributed by atoms with Crippen molar-refractivity contribution in [3.63, 3.8) is 0 Å². The quantitative estimate of drug-likeness (QED) is 0.583. The number of rotatable bonds is 6. The molecule has 1 atom stereocenters. The van der Waals surface area contributed by atoms with Crippen molar-refractivity contribution >= 4 is 5.91 Å². The van der Waals surface area contributed by atoms with Gasteiger partial charge in [0.2, 0.25) is 5.91 Å². The zero-order valence-corrected chi connectivity index (χ0v) is 9.34. The van der Waals surface area contributed by atoms with Crippen molar-refractivity contribution < 1.29 is 9.90 Å². The number of hydrogen-bond donors (Lipinski definition) is 3. The van der Waals surface area contributed by atoms with E-state index in [0.29, 0.717) is 25.8 Å². The van der Waals surface area contributed by atoms with Crippen LogP contribution in [0.5, 0.6) is 0 Å². The Morgan fingerprint density at radius 2 is 2.14 bits per heavy atom. The summed E-state index contributed by atoms with van der Waals surface area (Å²) in [6.07, 6.45) is 1.29. The third-order valence-electron chi connectivity index (χ3n) is 2.00. The van der Waals surface area contributed by atoms with Gasteiger partial charge < -0.3 is 16.2 Å². The first-order valence-electron chi connectivity index (χ1n) is 5.09. The van der Waals surface area contributed by atoms with E-state index in [9.17, 15) is 9.90 Å². The molecule has 0 aromatic carbocycles. The van der Waals surface area contributed by atoms with Gasteiger partial charge in [-0.15, -0.1) is 0 Å². The SMILES string of the molecule is CCC(O)CNC(=O)CCC(C)(C)N. The lowest BCUT2D eigenvalue weighted by Crippen LogP contribution is -2.36. The summed E-state index contributed by atoms with van der Waals surface area (Å²) in [6, 6.07) is 0. The third-order valence-corrected chi connectivity index (χ3v) is 2.00. The molecule has 0 rings (SSSR count). The number of carbonyl (C=O) groups excluding carboxylic acids is 1. The van der Waals surface area contributed by atoms with Gasteiger partial charge in [-0.1, -0.05) is 6.92 Å². The molecule has 4 nitrogen and oxygen atoms in total. The van der Waals surface area contributed by atoms with Gasteiger partial charge in [-0.05, 0) is 26.7 Å². The maximum Gasteiger partial charge on any atom is 0.220 e. The number of amides is 1. The monoisotopic (exact) mass is 202 g/mol. The molecule has 0 aliphatic heterocycles. The van der Waals surface area contributed by atoms with Gasteiger partial charge in [-0.2, -0.15) is 0 Å². The van der Waals surface area contributed by atoms with E-state index in [1.54, 1.807) is 0 Å². The standard InChI is InChI=1S/C10H22N2O2/c1-4-8(13)7-12-9(14)5-6-10(2,3)11/h8,13H,4-7,11H2,1-3H3,(H,12,14). The van der Waals surface area contributed by atoms with Crippen LogP contribution < -0.4 is 11.1 Å². The normalized spacial score (nSPS) is 13.8. The van der Waals surface area contributed by atoms with Crippen molar-refractivity contribution in [1.82, 2.24) is 5.32 Å². The van der Waals surface area contributed by atoms with E-state index in [1.165, 1.54) is 0 Å². The van der Waals surface area contributed by atoms with E-state index in [1.807, 2.05) is 20.8 Å². The minimum Gasteiger partial charge on any atom is -0.391 e. The molecule has 1 amide bonds. The highest BCUT2D eigenvalue weighted by molar-refractivity contribution is 5.75. The number of carbonyl (C=O) groups is 1. The van der Waals surface area contributed by atoms with Crippen molar-refractivity contribution in [2.45, 2.75) is 51.7 Å². The molecule has 0 fully saturated rings. The summed E-state index contributed by atoms with van der Waals surface area (Å²) in [5.41, 5.74) is 5.43. The van der Waals surface area contributed by atoms with Gasteiger partial charge in [0.25, 0.3) is 0 Å². The van der Waals surface area contributed by atoms with Crippen LogP contribution in [0.2, 0.25) is 0 Å². The lowest BCUT2D eigenvalue weighted by atomic mass is 10.00. The molecule has 4 N–H and O–H groups in total. The molecule has 1 unspecified atom stereocenters. The van der Waals surface area contributed by atoms with Crippen molar-refractivity contribution in [2.75, 3.05) is 6.54 Å². The Hall–Kier alpha value is -0.610. The molecule has 0 aromatic rings. The lowest BCUT2D eigenvalue weighted by Gasteiger charge is -2.18. The number of hydrogen-bond acceptors (Lipinski definition) is 3. The first-order valence-corrected chi connectivity index (χ1v) is 5.09. The fourth-order valence-electron chi connectivity index (χ4n) is 0.900.